The molecular formula is C7H16Cl2Si. The highest BCUT2D eigenvalue weighted by atomic mass is 35.5. The summed E-state index contributed by atoms with van der Waals surface area (Å²) >= 11 is 11.3. The van der Waals surface area contributed by atoms with Crippen LogP contribution in [0.4, 0.5) is 0 Å². The molecule has 0 rings (SSSR count). The Balaban J connectivity index is 3.30. The highest BCUT2D eigenvalue weighted by molar-refractivity contribution is 6.68. The SMILES string of the molecule is CC(C)C(C)C[SiH2]C(Cl)Cl. The summed E-state index contributed by atoms with van der Waals surface area (Å²) in [6.45, 7) is 6.76. The van der Waals surface area contributed by atoms with Gasteiger partial charge in [0, 0.05) is 0 Å². The minimum atomic E-state index is -0.213. The lowest BCUT2D eigenvalue weighted by Gasteiger charge is -2.14. The maximum Gasteiger partial charge on any atom is 0.0908 e. The first-order valence-electron chi connectivity index (χ1n) is 3.82. The lowest BCUT2D eigenvalue weighted by Crippen LogP contribution is -2.11. The van der Waals surface area contributed by atoms with Gasteiger partial charge in [-0.1, -0.05) is 26.8 Å². The molecule has 0 aliphatic heterocycles. The Morgan fingerprint density at radius 2 is 1.70 bits per heavy atom. The molecule has 0 bridgehead atoms. The maximum atomic E-state index is 5.65. The molecule has 0 fully saturated rings. The van der Waals surface area contributed by atoms with E-state index in [1.165, 1.54) is 6.04 Å². The van der Waals surface area contributed by atoms with Crippen molar-refractivity contribution >= 4 is 32.7 Å². The van der Waals surface area contributed by atoms with Crippen LogP contribution in [0, 0.1) is 11.8 Å². The molecule has 0 radical (unpaired) electrons. The molecule has 0 saturated carbocycles. The van der Waals surface area contributed by atoms with Crippen molar-refractivity contribution in [2.45, 2.75) is 31.3 Å². The molecule has 0 aliphatic rings. The van der Waals surface area contributed by atoms with E-state index in [0.29, 0.717) is 0 Å². The van der Waals surface area contributed by atoms with Crippen LogP contribution in [-0.4, -0.2) is 14.0 Å². The summed E-state index contributed by atoms with van der Waals surface area (Å²) in [5.41, 5.74) is 0. The van der Waals surface area contributed by atoms with E-state index in [0.717, 1.165) is 11.8 Å². The van der Waals surface area contributed by atoms with Crippen LogP contribution in [0.1, 0.15) is 20.8 Å². The lowest BCUT2D eigenvalue weighted by atomic mass is 10.0. The average Bonchev–Trinajstić information content (AvgIpc) is 1.82. The predicted molar refractivity (Wildman–Crippen MR) is 52.8 cm³/mol. The Morgan fingerprint density at radius 1 is 1.20 bits per heavy atom. The van der Waals surface area contributed by atoms with E-state index in [2.05, 4.69) is 20.8 Å². The fraction of sp³-hybridized carbons (Fsp3) is 1.00. The van der Waals surface area contributed by atoms with Gasteiger partial charge < -0.3 is 0 Å². The molecule has 0 heterocycles. The lowest BCUT2D eigenvalue weighted by molar-refractivity contribution is 0.455. The normalized spacial score (nSPS) is 15.9. The van der Waals surface area contributed by atoms with Crippen LogP contribution in [-0.2, 0) is 0 Å². The monoisotopic (exact) mass is 198 g/mol. The molecule has 10 heavy (non-hydrogen) atoms. The van der Waals surface area contributed by atoms with Gasteiger partial charge in [-0.2, -0.15) is 0 Å². The van der Waals surface area contributed by atoms with Gasteiger partial charge in [0.15, 0.2) is 0 Å². The quantitative estimate of drug-likeness (QED) is 0.482. The molecule has 0 aromatic rings. The largest absolute Gasteiger partial charge is 0.110 e. The van der Waals surface area contributed by atoms with Gasteiger partial charge in [0.05, 0.1) is 14.0 Å². The summed E-state index contributed by atoms with van der Waals surface area (Å²) in [5.74, 6) is 1.58. The van der Waals surface area contributed by atoms with Crippen molar-refractivity contribution < 1.29 is 0 Å². The summed E-state index contributed by atoms with van der Waals surface area (Å²) in [6, 6.07) is 1.27. The Labute approximate surface area is 76.1 Å². The third-order valence-corrected chi connectivity index (χ3v) is 4.97. The van der Waals surface area contributed by atoms with E-state index in [9.17, 15) is 0 Å². The minimum absolute atomic E-state index is 0.0406. The molecule has 0 aliphatic carbocycles. The Hall–Kier alpha value is 0.797. The molecule has 0 N–H and O–H groups in total. The number of halogens is 2. The van der Waals surface area contributed by atoms with E-state index in [-0.39, 0.29) is 14.0 Å². The average molecular weight is 199 g/mol. The third kappa shape index (κ3) is 5.57. The molecule has 0 spiro atoms. The summed E-state index contributed by atoms with van der Waals surface area (Å²) in [4.78, 5) is 0. The topological polar surface area (TPSA) is 0 Å². The highest BCUT2D eigenvalue weighted by Gasteiger charge is 2.09. The van der Waals surface area contributed by atoms with Crippen molar-refractivity contribution in [3.63, 3.8) is 0 Å². The molecule has 0 saturated heterocycles. The highest BCUT2D eigenvalue weighted by Crippen LogP contribution is 2.16. The van der Waals surface area contributed by atoms with Gasteiger partial charge in [-0.3, -0.25) is 0 Å². The second-order valence-corrected chi connectivity index (χ2v) is 7.47. The minimum Gasteiger partial charge on any atom is -0.110 e. The first-order valence-corrected chi connectivity index (χ1v) is 6.51. The number of hydrogen-bond acceptors (Lipinski definition) is 0. The Morgan fingerprint density at radius 3 is 2.00 bits per heavy atom. The van der Waals surface area contributed by atoms with Gasteiger partial charge in [0.1, 0.15) is 0 Å². The summed E-state index contributed by atoms with van der Waals surface area (Å²) in [5, 5.41) is 0. The zero-order chi connectivity index (χ0) is 8.15. The number of rotatable bonds is 4. The fourth-order valence-corrected chi connectivity index (χ4v) is 2.92. The van der Waals surface area contributed by atoms with E-state index in [1.54, 1.807) is 0 Å². The standard InChI is InChI=1S/C7H16Cl2Si/c1-5(2)6(3)4-10-7(8)9/h5-7H,4,10H2,1-3H3. The summed E-state index contributed by atoms with van der Waals surface area (Å²) in [7, 11) is -0.213. The van der Waals surface area contributed by atoms with Crippen LogP contribution >= 0.6 is 23.2 Å². The smallest absolute Gasteiger partial charge is 0.0908 e. The van der Waals surface area contributed by atoms with E-state index in [4.69, 9.17) is 23.2 Å². The zero-order valence-electron chi connectivity index (χ0n) is 6.90. The van der Waals surface area contributed by atoms with Crippen molar-refractivity contribution in [2.24, 2.45) is 11.8 Å². The molecule has 0 nitrogen and oxygen atoms in total. The van der Waals surface area contributed by atoms with E-state index >= 15 is 0 Å². The van der Waals surface area contributed by atoms with Gasteiger partial charge in [-0.15, -0.1) is 23.2 Å². The van der Waals surface area contributed by atoms with Crippen LogP contribution in [0.15, 0.2) is 0 Å². The number of hydrogen-bond donors (Lipinski definition) is 0. The van der Waals surface area contributed by atoms with Gasteiger partial charge in [0.2, 0.25) is 0 Å². The van der Waals surface area contributed by atoms with E-state index < -0.39 is 0 Å². The summed E-state index contributed by atoms with van der Waals surface area (Å²) < 4.78 is -0.0406. The van der Waals surface area contributed by atoms with Crippen LogP contribution in [0.3, 0.4) is 0 Å². The van der Waals surface area contributed by atoms with Crippen LogP contribution in [0.5, 0.6) is 0 Å². The molecule has 1 atom stereocenters. The molecule has 0 aromatic carbocycles. The molecule has 62 valence electrons. The molecule has 1 unspecified atom stereocenters. The first kappa shape index (κ1) is 10.8. The van der Waals surface area contributed by atoms with Gasteiger partial charge >= 0.3 is 0 Å². The molecule has 0 amide bonds. The summed E-state index contributed by atoms with van der Waals surface area (Å²) in [6.07, 6.45) is 0. The third-order valence-electron chi connectivity index (χ3n) is 1.98. The Bertz CT molecular complexity index is 83.7. The fourth-order valence-electron chi connectivity index (χ4n) is 0.722. The van der Waals surface area contributed by atoms with Gasteiger partial charge in [0.25, 0.3) is 0 Å². The van der Waals surface area contributed by atoms with Crippen LogP contribution < -0.4 is 0 Å². The Kier molecular flexibility index (Phi) is 5.88. The zero-order valence-corrected chi connectivity index (χ0v) is 9.83. The molecule has 0 aromatic heterocycles. The van der Waals surface area contributed by atoms with Gasteiger partial charge in [-0.05, 0) is 11.8 Å². The number of alkyl halides is 2. The second kappa shape index (κ2) is 5.45. The first-order chi connectivity index (χ1) is 4.54. The van der Waals surface area contributed by atoms with Crippen LogP contribution in [0.25, 0.3) is 0 Å². The molecular weight excluding hydrogens is 183 g/mol. The second-order valence-electron chi connectivity index (χ2n) is 3.19. The predicted octanol–water partition coefficient (Wildman–Crippen LogP) is 2.63. The maximum absolute atomic E-state index is 5.65. The van der Waals surface area contributed by atoms with Crippen molar-refractivity contribution in [3.05, 3.63) is 0 Å². The van der Waals surface area contributed by atoms with E-state index in [1.807, 2.05) is 0 Å². The van der Waals surface area contributed by atoms with Crippen molar-refractivity contribution in [3.8, 4) is 0 Å². The van der Waals surface area contributed by atoms with Crippen LogP contribution in [0.2, 0.25) is 6.04 Å². The van der Waals surface area contributed by atoms with Crippen molar-refractivity contribution in [1.82, 2.24) is 0 Å². The van der Waals surface area contributed by atoms with Gasteiger partial charge in [-0.25, -0.2) is 0 Å². The molecule has 3 heteroatoms. The van der Waals surface area contributed by atoms with Crippen molar-refractivity contribution in [2.75, 3.05) is 0 Å². The van der Waals surface area contributed by atoms with Crippen molar-refractivity contribution in [1.29, 1.82) is 0 Å².